The predicted octanol–water partition coefficient (Wildman–Crippen LogP) is 3.86. The molecule has 3 rings (SSSR count). The fourth-order valence-corrected chi connectivity index (χ4v) is 2.11. The smallest absolute Gasteiger partial charge is 0.182 e. The summed E-state index contributed by atoms with van der Waals surface area (Å²) in [7, 11) is 0. The lowest BCUT2D eigenvalue weighted by Gasteiger charge is -2.08. The maximum absolute atomic E-state index is 6.08. The first-order chi connectivity index (χ1) is 9.34. The molecule has 0 unspecified atom stereocenters. The number of benzene rings is 2. The van der Waals surface area contributed by atoms with Crippen molar-refractivity contribution in [3.05, 3.63) is 65.9 Å². The quantitative estimate of drug-likeness (QED) is 0.708. The Morgan fingerprint density at radius 2 is 1.68 bits per heavy atom. The van der Waals surface area contributed by atoms with E-state index < -0.39 is 0 Å². The highest BCUT2D eigenvalue weighted by Crippen LogP contribution is 2.31. The Balaban J connectivity index is 2.21. The van der Waals surface area contributed by atoms with Crippen LogP contribution in [0.3, 0.4) is 0 Å². The van der Waals surface area contributed by atoms with Crippen molar-refractivity contribution in [1.29, 1.82) is 0 Å². The van der Waals surface area contributed by atoms with Crippen LogP contribution in [0.15, 0.2) is 60.9 Å². The molecular weight excluding hydrogens is 258 g/mol. The first-order valence-corrected chi connectivity index (χ1v) is 6.21. The Labute approximate surface area is 115 Å². The molecule has 19 heavy (non-hydrogen) atoms. The van der Waals surface area contributed by atoms with E-state index in [0.29, 0.717) is 10.8 Å². The first kappa shape index (κ1) is 11.8. The SMILES string of the molecule is Clc1ccc(-c2ccccc2)c(-c2nccnn2)c1. The van der Waals surface area contributed by atoms with Crippen LogP contribution < -0.4 is 0 Å². The minimum atomic E-state index is 0.573. The van der Waals surface area contributed by atoms with Gasteiger partial charge >= 0.3 is 0 Å². The fourth-order valence-electron chi connectivity index (χ4n) is 1.94. The molecule has 0 fully saturated rings. The minimum Gasteiger partial charge on any atom is -0.233 e. The maximum Gasteiger partial charge on any atom is 0.182 e. The van der Waals surface area contributed by atoms with Crippen LogP contribution in [0.5, 0.6) is 0 Å². The zero-order chi connectivity index (χ0) is 13.1. The number of halogens is 1. The lowest BCUT2D eigenvalue weighted by molar-refractivity contribution is 0.980. The number of hydrogen-bond acceptors (Lipinski definition) is 3. The normalized spacial score (nSPS) is 10.4. The highest BCUT2D eigenvalue weighted by atomic mass is 35.5. The highest BCUT2D eigenvalue weighted by molar-refractivity contribution is 6.31. The molecule has 0 N–H and O–H groups in total. The third-order valence-corrected chi connectivity index (χ3v) is 3.03. The van der Waals surface area contributed by atoms with Crippen LogP contribution in [-0.2, 0) is 0 Å². The average molecular weight is 268 g/mol. The summed E-state index contributed by atoms with van der Waals surface area (Å²) in [6.45, 7) is 0. The molecule has 92 valence electrons. The van der Waals surface area contributed by atoms with Crippen molar-refractivity contribution in [3.63, 3.8) is 0 Å². The summed E-state index contributed by atoms with van der Waals surface area (Å²) in [5.74, 6) is 0.573. The molecule has 0 aliphatic carbocycles. The molecule has 0 amide bonds. The summed E-state index contributed by atoms with van der Waals surface area (Å²) in [5.41, 5.74) is 3.02. The first-order valence-electron chi connectivity index (χ1n) is 5.83. The van der Waals surface area contributed by atoms with Crippen molar-refractivity contribution < 1.29 is 0 Å². The van der Waals surface area contributed by atoms with E-state index >= 15 is 0 Å². The zero-order valence-electron chi connectivity index (χ0n) is 9.99. The molecule has 0 bridgehead atoms. The molecule has 0 atom stereocenters. The van der Waals surface area contributed by atoms with Gasteiger partial charge in [-0.15, -0.1) is 5.10 Å². The lowest BCUT2D eigenvalue weighted by Crippen LogP contribution is -1.93. The van der Waals surface area contributed by atoms with Gasteiger partial charge in [0.25, 0.3) is 0 Å². The molecule has 2 aromatic carbocycles. The van der Waals surface area contributed by atoms with Crippen LogP contribution in [0.25, 0.3) is 22.5 Å². The molecule has 0 aliphatic heterocycles. The molecule has 0 saturated carbocycles. The summed E-state index contributed by atoms with van der Waals surface area (Å²) >= 11 is 6.08. The Morgan fingerprint density at radius 3 is 2.42 bits per heavy atom. The van der Waals surface area contributed by atoms with E-state index in [1.165, 1.54) is 0 Å². The summed E-state index contributed by atoms with van der Waals surface area (Å²) in [4.78, 5) is 4.24. The van der Waals surface area contributed by atoms with E-state index in [0.717, 1.165) is 16.7 Å². The molecular formula is C15H10ClN3. The third-order valence-electron chi connectivity index (χ3n) is 2.79. The second kappa shape index (κ2) is 5.16. The topological polar surface area (TPSA) is 38.7 Å². The Hall–Kier alpha value is -2.26. The van der Waals surface area contributed by atoms with Gasteiger partial charge in [-0.1, -0.05) is 48.0 Å². The maximum atomic E-state index is 6.08. The standard InChI is InChI=1S/C15H10ClN3/c16-12-6-7-13(11-4-2-1-3-5-11)14(10-12)15-17-8-9-18-19-15/h1-10H. The van der Waals surface area contributed by atoms with Gasteiger partial charge in [0.15, 0.2) is 5.82 Å². The van der Waals surface area contributed by atoms with Crippen molar-refractivity contribution in [2.24, 2.45) is 0 Å². The molecule has 0 saturated heterocycles. The predicted molar refractivity (Wildman–Crippen MR) is 75.7 cm³/mol. The van der Waals surface area contributed by atoms with Crippen LogP contribution in [0, 0.1) is 0 Å². The van der Waals surface area contributed by atoms with Crippen molar-refractivity contribution in [3.8, 4) is 22.5 Å². The van der Waals surface area contributed by atoms with E-state index in [4.69, 9.17) is 11.6 Å². The Kier molecular flexibility index (Phi) is 3.21. The number of nitrogens with zero attached hydrogens (tertiary/aromatic N) is 3. The summed E-state index contributed by atoms with van der Waals surface area (Å²) in [6, 6.07) is 15.8. The molecule has 0 aliphatic rings. The fraction of sp³-hybridized carbons (Fsp3) is 0. The molecule has 3 nitrogen and oxygen atoms in total. The molecule has 0 radical (unpaired) electrons. The van der Waals surface area contributed by atoms with Crippen molar-refractivity contribution in [2.75, 3.05) is 0 Å². The summed E-state index contributed by atoms with van der Waals surface area (Å²) in [5, 5.41) is 8.58. The van der Waals surface area contributed by atoms with Gasteiger partial charge in [-0.3, -0.25) is 0 Å². The van der Waals surface area contributed by atoms with Gasteiger partial charge in [-0.2, -0.15) is 5.10 Å². The van der Waals surface area contributed by atoms with Crippen LogP contribution in [-0.4, -0.2) is 15.2 Å². The lowest BCUT2D eigenvalue weighted by atomic mass is 9.99. The van der Waals surface area contributed by atoms with Gasteiger partial charge in [0.1, 0.15) is 0 Å². The van der Waals surface area contributed by atoms with E-state index in [-0.39, 0.29) is 0 Å². The Morgan fingerprint density at radius 1 is 0.842 bits per heavy atom. The molecule has 0 spiro atoms. The molecule has 1 heterocycles. The highest BCUT2D eigenvalue weighted by Gasteiger charge is 2.10. The van der Waals surface area contributed by atoms with Crippen molar-refractivity contribution in [1.82, 2.24) is 15.2 Å². The Bertz CT molecular complexity index is 684. The van der Waals surface area contributed by atoms with E-state index in [9.17, 15) is 0 Å². The van der Waals surface area contributed by atoms with Gasteiger partial charge in [-0.05, 0) is 23.3 Å². The van der Waals surface area contributed by atoms with Gasteiger partial charge in [-0.25, -0.2) is 4.98 Å². The number of hydrogen-bond donors (Lipinski definition) is 0. The zero-order valence-corrected chi connectivity index (χ0v) is 10.7. The van der Waals surface area contributed by atoms with Crippen molar-refractivity contribution in [2.45, 2.75) is 0 Å². The van der Waals surface area contributed by atoms with E-state index in [2.05, 4.69) is 15.2 Å². The summed E-state index contributed by atoms with van der Waals surface area (Å²) < 4.78 is 0. The van der Waals surface area contributed by atoms with Crippen LogP contribution in [0.1, 0.15) is 0 Å². The number of aromatic nitrogens is 3. The van der Waals surface area contributed by atoms with Crippen LogP contribution >= 0.6 is 11.6 Å². The van der Waals surface area contributed by atoms with Crippen molar-refractivity contribution >= 4 is 11.6 Å². The van der Waals surface area contributed by atoms with Gasteiger partial charge in [0.2, 0.25) is 0 Å². The van der Waals surface area contributed by atoms with Gasteiger partial charge in [0.05, 0.1) is 6.20 Å². The van der Waals surface area contributed by atoms with E-state index in [1.54, 1.807) is 12.4 Å². The summed E-state index contributed by atoms with van der Waals surface area (Å²) in [6.07, 6.45) is 3.17. The monoisotopic (exact) mass is 267 g/mol. The molecule has 1 aromatic heterocycles. The van der Waals surface area contributed by atoms with Crippen LogP contribution in [0.2, 0.25) is 5.02 Å². The molecule has 4 heteroatoms. The largest absolute Gasteiger partial charge is 0.233 e. The van der Waals surface area contributed by atoms with E-state index in [1.807, 2.05) is 48.5 Å². The third kappa shape index (κ3) is 2.46. The minimum absolute atomic E-state index is 0.573. The second-order valence-electron chi connectivity index (χ2n) is 4.02. The van der Waals surface area contributed by atoms with Gasteiger partial charge < -0.3 is 0 Å². The van der Waals surface area contributed by atoms with Gasteiger partial charge in [0, 0.05) is 16.8 Å². The average Bonchev–Trinajstić information content (AvgIpc) is 2.49. The molecule has 3 aromatic rings. The second-order valence-corrected chi connectivity index (χ2v) is 4.46. The number of rotatable bonds is 2. The van der Waals surface area contributed by atoms with Crippen LogP contribution in [0.4, 0.5) is 0 Å².